The Kier molecular flexibility index (Phi) is 5.24. The number of ether oxygens (including phenoxy) is 1. The van der Waals surface area contributed by atoms with Crippen LogP contribution in [0.3, 0.4) is 0 Å². The van der Waals surface area contributed by atoms with E-state index in [2.05, 4.69) is 15.6 Å². The van der Waals surface area contributed by atoms with Gasteiger partial charge in [-0.25, -0.2) is 4.98 Å². The molecule has 122 valence electrons. The molecule has 1 heterocycles. The molecule has 8 heteroatoms. The number of anilines is 1. The SMILES string of the molecule is O=C(COc1ccccc1)NC(=S)Nc1nc2c(Cl)cccc2s1. The lowest BCUT2D eigenvalue weighted by Gasteiger charge is -2.08. The fraction of sp³-hybridized carbons (Fsp3) is 0.0625. The van der Waals surface area contributed by atoms with Gasteiger partial charge in [-0.05, 0) is 36.5 Å². The number of carbonyl (C=O) groups is 1. The van der Waals surface area contributed by atoms with Gasteiger partial charge in [0, 0.05) is 0 Å². The van der Waals surface area contributed by atoms with Gasteiger partial charge in [0.15, 0.2) is 16.9 Å². The van der Waals surface area contributed by atoms with Gasteiger partial charge in [-0.15, -0.1) is 0 Å². The highest BCUT2D eigenvalue weighted by Crippen LogP contribution is 2.30. The zero-order chi connectivity index (χ0) is 16.9. The number of nitrogens with one attached hydrogen (secondary N) is 2. The number of para-hydroxylation sites is 2. The van der Waals surface area contributed by atoms with Crippen LogP contribution >= 0.6 is 35.2 Å². The molecule has 2 N–H and O–H groups in total. The molecule has 0 saturated carbocycles. The largest absolute Gasteiger partial charge is 0.484 e. The van der Waals surface area contributed by atoms with Gasteiger partial charge in [-0.3, -0.25) is 10.1 Å². The number of hydrogen-bond donors (Lipinski definition) is 2. The molecular weight excluding hydrogens is 366 g/mol. The third-order valence-electron chi connectivity index (χ3n) is 2.96. The summed E-state index contributed by atoms with van der Waals surface area (Å²) in [6.07, 6.45) is 0. The van der Waals surface area contributed by atoms with E-state index >= 15 is 0 Å². The molecule has 0 spiro atoms. The van der Waals surface area contributed by atoms with E-state index in [1.807, 2.05) is 30.3 Å². The zero-order valence-electron chi connectivity index (χ0n) is 12.3. The van der Waals surface area contributed by atoms with Gasteiger partial charge in [0.1, 0.15) is 11.3 Å². The van der Waals surface area contributed by atoms with Crippen molar-refractivity contribution in [2.45, 2.75) is 0 Å². The molecule has 24 heavy (non-hydrogen) atoms. The minimum atomic E-state index is -0.351. The van der Waals surface area contributed by atoms with Gasteiger partial charge in [0.2, 0.25) is 0 Å². The minimum Gasteiger partial charge on any atom is -0.484 e. The van der Waals surface area contributed by atoms with Crippen LogP contribution in [0.5, 0.6) is 5.75 Å². The summed E-state index contributed by atoms with van der Waals surface area (Å²) in [6.45, 7) is -0.127. The molecule has 0 saturated heterocycles. The molecule has 0 atom stereocenters. The van der Waals surface area contributed by atoms with Gasteiger partial charge in [0.25, 0.3) is 5.91 Å². The Morgan fingerprint density at radius 3 is 2.75 bits per heavy atom. The molecule has 0 aliphatic heterocycles. The molecule has 0 unspecified atom stereocenters. The average Bonchev–Trinajstić information content (AvgIpc) is 2.97. The van der Waals surface area contributed by atoms with Crippen molar-refractivity contribution in [3.63, 3.8) is 0 Å². The number of halogens is 1. The molecule has 5 nitrogen and oxygen atoms in total. The van der Waals surface area contributed by atoms with Gasteiger partial charge in [0.05, 0.1) is 9.72 Å². The van der Waals surface area contributed by atoms with Crippen molar-refractivity contribution >= 4 is 61.5 Å². The lowest BCUT2D eigenvalue weighted by Crippen LogP contribution is -2.37. The predicted molar refractivity (Wildman–Crippen MR) is 101 cm³/mol. The third-order valence-corrected chi connectivity index (χ3v) is 4.40. The number of hydrogen-bond acceptors (Lipinski definition) is 5. The minimum absolute atomic E-state index is 0.127. The van der Waals surface area contributed by atoms with Crippen molar-refractivity contribution < 1.29 is 9.53 Å². The van der Waals surface area contributed by atoms with Crippen LogP contribution < -0.4 is 15.4 Å². The van der Waals surface area contributed by atoms with Crippen molar-refractivity contribution in [2.24, 2.45) is 0 Å². The highest BCUT2D eigenvalue weighted by Gasteiger charge is 2.10. The molecule has 0 bridgehead atoms. The molecule has 3 rings (SSSR count). The number of nitrogens with zero attached hydrogens (tertiary/aromatic N) is 1. The van der Waals surface area contributed by atoms with Crippen LogP contribution in [0, 0.1) is 0 Å². The van der Waals surface area contributed by atoms with Crippen LogP contribution in [0.15, 0.2) is 48.5 Å². The fourth-order valence-electron chi connectivity index (χ4n) is 1.93. The van der Waals surface area contributed by atoms with Crippen LogP contribution in [0.1, 0.15) is 0 Å². The van der Waals surface area contributed by atoms with Crippen LogP contribution in [-0.2, 0) is 4.79 Å². The van der Waals surface area contributed by atoms with E-state index in [0.29, 0.717) is 21.4 Å². The molecule has 1 amide bonds. The molecule has 2 aromatic carbocycles. The van der Waals surface area contributed by atoms with Crippen LogP contribution in [0.25, 0.3) is 10.2 Å². The maximum Gasteiger partial charge on any atom is 0.264 e. The van der Waals surface area contributed by atoms with E-state index in [-0.39, 0.29) is 17.6 Å². The number of carbonyl (C=O) groups excluding carboxylic acids is 1. The van der Waals surface area contributed by atoms with Gasteiger partial charge < -0.3 is 10.1 Å². The average molecular weight is 378 g/mol. The van der Waals surface area contributed by atoms with Crippen molar-refractivity contribution in [3.8, 4) is 5.75 Å². The summed E-state index contributed by atoms with van der Waals surface area (Å²) in [5.74, 6) is 0.267. The van der Waals surface area contributed by atoms with E-state index in [9.17, 15) is 4.79 Å². The van der Waals surface area contributed by atoms with Crippen molar-refractivity contribution in [1.29, 1.82) is 0 Å². The standard InChI is InChI=1S/C16H12ClN3O2S2/c17-11-7-4-8-12-14(11)19-16(24-12)20-15(23)18-13(21)9-22-10-5-2-1-3-6-10/h1-8H,9H2,(H2,18,19,20,21,23). The number of benzene rings is 2. The molecule has 0 fully saturated rings. The second-order valence-electron chi connectivity index (χ2n) is 4.71. The summed E-state index contributed by atoms with van der Waals surface area (Å²) >= 11 is 12.6. The second kappa shape index (κ2) is 7.57. The number of fused-ring (bicyclic) bond motifs is 1. The fourth-order valence-corrected chi connectivity index (χ4v) is 3.37. The maximum atomic E-state index is 11.8. The zero-order valence-corrected chi connectivity index (χ0v) is 14.7. The van der Waals surface area contributed by atoms with Crippen molar-refractivity contribution in [2.75, 3.05) is 11.9 Å². The Hall–Kier alpha value is -2.22. The lowest BCUT2D eigenvalue weighted by atomic mass is 10.3. The summed E-state index contributed by atoms with van der Waals surface area (Å²) in [5, 5.41) is 6.72. The molecule has 0 aliphatic carbocycles. The normalized spacial score (nSPS) is 10.4. The molecular formula is C16H12ClN3O2S2. The van der Waals surface area contributed by atoms with Crippen LogP contribution in [0.4, 0.5) is 5.13 Å². The smallest absolute Gasteiger partial charge is 0.264 e. The first kappa shape index (κ1) is 16.6. The van der Waals surface area contributed by atoms with Crippen molar-refractivity contribution in [3.05, 3.63) is 53.6 Å². The van der Waals surface area contributed by atoms with Gasteiger partial charge in [-0.2, -0.15) is 0 Å². The maximum absolute atomic E-state index is 11.8. The molecule has 0 aliphatic rings. The number of aromatic nitrogens is 1. The van der Waals surface area contributed by atoms with Crippen molar-refractivity contribution in [1.82, 2.24) is 10.3 Å². The topological polar surface area (TPSA) is 63.2 Å². The Morgan fingerprint density at radius 2 is 2.00 bits per heavy atom. The number of rotatable bonds is 4. The van der Waals surface area contributed by atoms with E-state index in [1.165, 1.54) is 11.3 Å². The highest BCUT2D eigenvalue weighted by atomic mass is 35.5. The van der Waals surface area contributed by atoms with Crippen LogP contribution in [-0.4, -0.2) is 22.6 Å². The second-order valence-corrected chi connectivity index (χ2v) is 6.56. The first-order valence-electron chi connectivity index (χ1n) is 6.95. The Bertz CT molecular complexity index is 883. The Morgan fingerprint density at radius 1 is 1.21 bits per heavy atom. The summed E-state index contributed by atoms with van der Waals surface area (Å²) in [6, 6.07) is 14.6. The summed E-state index contributed by atoms with van der Waals surface area (Å²) < 4.78 is 6.29. The monoisotopic (exact) mass is 377 g/mol. The van der Waals surface area contributed by atoms with Crippen LogP contribution in [0.2, 0.25) is 5.02 Å². The number of thiocarbonyl (C=S) groups is 1. The Labute approximate surface area is 152 Å². The summed E-state index contributed by atoms with van der Waals surface area (Å²) in [7, 11) is 0. The molecule has 3 aromatic rings. The quantitative estimate of drug-likeness (QED) is 0.676. The third kappa shape index (κ3) is 4.19. The van der Waals surface area contributed by atoms with Gasteiger partial charge >= 0.3 is 0 Å². The van der Waals surface area contributed by atoms with E-state index < -0.39 is 0 Å². The van der Waals surface area contributed by atoms with Gasteiger partial charge in [-0.1, -0.05) is 47.2 Å². The first-order chi connectivity index (χ1) is 11.6. The molecule has 0 radical (unpaired) electrons. The van der Waals surface area contributed by atoms with E-state index in [1.54, 1.807) is 18.2 Å². The summed E-state index contributed by atoms with van der Waals surface area (Å²) in [5.41, 5.74) is 0.702. The Balaban J connectivity index is 1.54. The number of amides is 1. The van der Waals surface area contributed by atoms with E-state index in [4.69, 9.17) is 28.6 Å². The summed E-state index contributed by atoms with van der Waals surface area (Å²) in [4.78, 5) is 16.2. The highest BCUT2D eigenvalue weighted by molar-refractivity contribution is 7.80. The first-order valence-corrected chi connectivity index (χ1v) is 8.56. The molecule has 1 aromatic heterocycles. The van der Waals surface area contributed by atoms with E-state index in [0.717, 1.165) is 4.70 Å². The lowest BCUT2D eigenvalue weighted by molar-refractivity contribution is -0.121. The number of thiazole rings is 1. The predicted octanol–water partition coefficient (Wildman–Crippen LogP) is 3.84.